The third kappa shape index (κ3) is 4.72. The van der Waals surface area contributed by atoms with E-state index in [2.05, 4.69) is 4.99 Å². The number of benzene rings is 2. The van der Waals surface area contributed by atoms with E-state index in [1.165, 1.54) is 7.11 Å². The third-order valence-electron chi connectivity index (χ3n) is 3.02. The second-order valence-corrected chi connectivity index (χ2v) is 4.99. The number of rotatable bonds is 5. The molecule has 2 aromatic rings. The van der Waals surface area contributed by atoms with Crippen LogP contribution in [0.25, 0.3) is 0 Å². The molecule has 0 fully saturated rings. The van der Waals surface area contributed by atoms with Crippen LogP contribution in [0.3, 0.4) is 0 Å². The molecule has 0 N–H and O–H groups in total. The highest BCUT2D eigenvalue weighted by atomic mass is 35.5. The molecule has 0 aliphatic carbocycles. The molecule has 1 atom stereocenters. The lowest BCUT2D eigenvalue weighted by atomic mass is 10.1. The highest BCUT2D eigenvalue weighted by molar-refractivity contribution is 6.30. The van der Waals surface area contributed by atoms with E-state index in [0.717, 1.165) is 11.1 Å². The van der Waals surface area contributed by atoms with E-state index in [1.807, 2.05) is 42.5 Å². The molecule has 0 aliphatic heterocycles. The first kappa shape index (κ1) is 15.3. The van der Waals surface area contributed by atoms with Gasteiger partial charge in [0.05, 0.1) is 7.11 Å². The Morgan fingerprint density at radius 2 is 1.86 bits per heavy atom. The Labute approximate surface area is 129 Å². The van der Waals surface area contributed by atoms with Gasteiger partial charge < -0.3 is 4.74 Å². The second-order valence-electron chi connectivity index (χ2n) is 4.56. The Balaban J connectivity index is 2.13. The number of methoxy groups -OCH3 is 1. The van der Waals surface area contributed by atoms with E-state index in [1.54, 1.807) is 18.3 Å². The van der Waals surface area contributed by atoms with Crippen LogP contribution >= 0.6 is 11.6 Å². The molecule has 0 heterocycles. The maximum Gasteiger partial charge on any atom is 0.330 e. The van der Waals surface area contributed by atoms with Gasteiger partial charge in [-0.15, -0.1) is 0 Å². The zero-order valence-corrected chi connectivity index (χ0v) is 12.5. The summed E-state index contributed by atoms with van der Waals surface area (Å²) in [6.07, 6.45) is 2.18. The predicted octanol–water partition coefficient (Wildman–Crippen LogP) is 3.54. The van der Waals surface area contributed by atoms with Crippen molar-refractivity contribution in [3.05, 3.63) is 70.7 Å². The van der Waals surface area contributed by atoms with Crippen LogP contribution in [0.4, 0.5) is 0 Å². The molecule has 4 heteroatoms. The van der Waals surface area contributed by atoms with Gasteiger partial charge in [-0.05, 0) is 23.3 Å². The number of carbonyl (C=O) groups is 1. The van der Waals surface area contributed by atoms with Crippen LogP contribution in [-0.4, -0.2) is 25.3 Å². The number of hydrogen-bond acceptors (Lipinski definition) is 3. The summed E-state index contributed by atoms with van der Waals surface area (Å²) in [4.78, 5) is 16.2. The molecule has 0 aromatic heterocycles. The van der Waals surface area contributed by atoms with Crippen molar-refractivity contribution in [1.82, 2.24) is 0 Å². The normalized spacial score (nSPS) is 12.3. The fourth-order valence-electron chi connectivity index (χ4n) is 1.90. The first-order valence-electron chi connectivity index (χ1n) is 6.59. The largest absolute Gasteiger partial charge is 0.467 e. The molecule has 0 saturated heterocycles. The van der Waals surface area contributed by atoms with Crippen molar-refractivity contribution >= 4 is 23.8 Å². The van der Waals surface area contributed by atoms with E-state index in [9.17, 15) is 4.79 Å². The van der Waals surface area contributed by atoms with Crippen LogP contribution in [0.15, 0.2) is 59.6 Å². The predicted molar refractivity (Wildman–Crippen MR) is 85.0 cm³/mol. The fourth-order valence-corrected chi connectivity index (χ4v) is 2.02. The van der Waals surface area contributed by atoms with Gasteiger partial charge >= 0.3 is 5.97 Å². The molecular weight excluding hydrogens is 286 g/mol. The summed E-state index contributed by atoms with van der Waals surface area (Å²) in [6, 6.07) is 16.5. The molecule has 1 unspecified atom stereocenters. The van der Waals surface area contributed by atoms with Crippen molar-refractivity contribution in [3.63, 3.8) is 0 Å². The summed E-state index contributed by atoms with van der Waals surface area (Å²) >= 11 is 5.84. The number of nitrogens with zero attached hydrogens (tertiary/aromatic N) is 1. The van der Waals surface area contributed by atoms with Crippen LogP contribution in [-0.2, 0) is 16.0 Å². The van der Waals surface area contributed by atoms with E-state index in [4.69, 9.17) is 16.3 Å². The topological polar surface area (TPSA) is 38.7 Å². The number of ether oxygens (including phenoxy) is 1. The number of esters is 1. The van der Waals surface area contributed by atoms with Crippen LogP contribution in [0, 0.1) is 0 Å². The van der Waals surface area contributed by atoms with Gasteiger partial charge in [-0.25, -0.2) is 4.79 Å². The van der Waals surface area contributed by atoms with Crippen molar-refractivity contribution in [2.45, 2.75) is 12.5 Å². The lowest BCUT2D eigenvalue weighted by molar-refractivity contribution is -0.142. The van der Waals surface area contributed by atoms with Gasteiger partial charge in [0.1, 0.15) is 0 Å². The number of halogens is 1. The van der Waals surface area contributed by atoms with Crippen molar-refractivity contribution < 1.29 is 9.53 Å². The quantitative estimate of drug-likeness (QED) is 0.626. The average Bonchev–Trinajstić information content (AvgIpc) is 2.53. The zero-order chi connectivity index (χ0) is 15.1. The first-order chi connectivity index (χ1) is 10.2. The van der Waals surface area contributed by atoms with Gasteiger partial charge in [-0.1, -0.05) is 54.1 Å². The zero-order valence-electron chi connectivity index (χ0n) is 11.7. The molecule has 0 amide bonds. The van der Waals surface area contributed by atoms with Crippen molar-refractivity contribution in [3.8, 4) is 0 Å². The van der Waals surface area contributed by atoms with E-state index in [-0.39, 0.29) is 5.97 Å². The highest BCUT2D eigenvalue weighted by Gasteiger charge is 2.17. The van der Waals surface area contributed by atoms with E-state index in [0.29, 0.717) is 11.4 Å². The molecule has 0 radical (unpaired) electrons. The minimum absolute atomic E-state index is 0.343. The standard InChI is InChI=1S/C17H16ClNO2/c1-21-17(20)16(11-13-5-3-2-4-6-13)19-12-14-7-9-15(18)10-8-14/h2-10,12,16H,11H2,1H3. The van der Waals surface area contributed by atoms with Gasteiger partial charge in [-0.3, -0.25) is 4.99 Å². The number of hydrogen-bond donors (Lipinski definition) is 0. The molecule has 2 aromatic carbocycles. The highest BCUT2D eigenvalue weighted by Crippen LogP contribution is 2.10. The number of carbonyl (C=O) groups excluding carboxylic acids is 1. The molecule has 2 rings (SSSR count). The van der Waals surface area contributed by atoms with Crippen molar-refractivity contribution in [2.75, 3.05) is 7.11 Å². The molecule has 0 saturated carbocycles. The summed E-state index contributed by atoms with van der Waals surface area (Å²) in [7, 11) is 1.37. The molecule has 21 heavy (non-hydrogen) atoms. The van der Waals surface area contributed by atoms with Crippen LogP contribution < -0.4 is 0 Å². The second kappa shape index (κ2) is 7.60. The Morgan fingerprint density at radius 3 is 2.48 bits per heavy atom. The molecule has 108 valence electrons. The van der Waals surface area contributed by atoms with Crippen LogP contribution in [0.1, 0.15) is 11.1 Å². The Kier molecular flexibility index (Phi) is 5.52. The average molecular weight is 302 g/mol. The van der Waals surface area contributed by atoms with Gasteiger partial charge in [0, 0.05) is 17.7 Å². The molecular formula is C17H16ClNO2. The smallest absolute Gasteiger partial charge is 0.330 e. The van der Waals surface area contributed by atoms with Gasteiger partial charge in [0.15, 0.2) is 6.04 Å². The molecule has 0 spiro atoms. The van der Waals surface area contributed by atoms with Gasteiger partial charge in [0.25, 0.3) is 0 Å². The van der Waals surface area contributed by atoms with Crippen LogP contribution in [0.2, 0.25) is 5.02 Å². The van der Waals surface area contributed by atoms with E-state index >= 15 is 0 Å². The van der Waals surface area contributed by atoms with Crippen LogP contribution in [0.5, 0.6) is 0 Å². The summed E-state index contributed by atoms with van der Waals surface area (Å²) in [5.74, 6) is -0.343. The molecule has 3 nitrogen and oxygen atoms in total. The SMILES string of the molecule is COC(=O)C(Cc1ccccc1)N=Cc1ccc(Cl)cc1. The maximum atomic E-state index is 11.8. The lowest BCUT2D eigenvalue weighted by Crippen LogP contribution is -2.23. The fraction of sp³-hybridized carbons (Fsp3) is 0.176. The Hall–Kier alpha value is -2.13. The summed E-state index contributed by atoms with van der Waals surface area (Å²) in [6.45, 7) is 0. The Bertz CT molecular complexity index is 608. The third-order valence-corrected chi connectivity index (χ3v) is 3.27. The molecule has 0 aliphatic rings. The minimum atomic E-state index is -0.548. The maximum absolute atomic E-state index is 11.8. The Morgan fingerprint density at radius 1 is 1.19 bits per heavy atom. The van der Waals surface area contributed by atoms with Gasteiger partial charge in [0.2, 0.25) is 0 Å². The van der Waals surface area contributed by atoms with Gasteiger partial charge in [-0.2, -0.15) is 0 Å². The number of aliphatic imine (C=N–C) groups is 1. The summed E-state index contributed by atoms with van der Waals surface area (Å²) in [5.41, 5.74) is 1.93. The molecule has 0 bridgehead atoms. The first-order valence-corrected chi connectivity index (χ1v) is 6.97. The van der Waals surface area contributed by atoms with Crippen molar-refractivity contribution in [1.29, 1.82) is 0 Å². The van der Waals surface area contributed by atoms with E-state index < -0.39 is 6.04 Å². The monoisotopic (exact) mass is 301 g/mol. The van der Waals surface area contributed by atoms with Crippen molar-refractivity contribution in [2.24, 2.45) is 4.99 Å². The summed E-state index contributed by atoms with van der Waals surface area (Å²) in [5, 5.41) is 0.668. The minimum Gasteiger partial charge on any atom is -0.467 e. The lowest BCUT2D eigenvalue weighted by Gasteiger charge is -2.10. The summed E-state index contributed by atoms with van der Waals surface area (Å²) < 4.78 is 4.82.